The van der Waals surface area contributed by atoms with Gasteiger partial charge in [-0.1, -0.05) is 48.5 Å². The molecule has 0 atom stereocenters. The zero-order valence-corrected chi connectivity index (χ0v) is 17.0. The average molecular weight is 408 g/mol. The molecule has 2 heterocycles. The molecular weight excluding hydrogens is 388 g/mol. The van der Waals surface area contributed by atoms with Crippen LogP contribution in [0.3, 0.4) is 0 Å². The second-order valence-corrected chi connectivity index (χ2v) is 7.45. The predicted molar refractivity (Wildman–Crippen MR) is 120 cm³/mol. The Morgan fingerprint density at radius 1 is 0.774 bits per heavy atom. The third-order valence-electron chi connectivity index (χ3n) is 5.64. The summed E-state index contributed by atoms with van der Waals surface area (Å²) in [6, 6.07) is 24.4. The van der Waals surface area contributed by atoms with Crippen LogP contribution in [0.5, 0.6) is 5.75 Å². The maximum Gasteiger partial charge on any atom is 0.266 e. The van der Waals surface area contributed by atoms with Crippen molar-refractivity contribution in [1.82, 2.24) is 4.98 Å². The molecule has 1 aliphatic heterocycles. The summed E-state index contributed by atoms with van der Waals surface area (Å²) in [5, 5.41) is 1.02. The van der Waals surface area contributed by atoms with E-state index in [1.54, 1.807) is 31.4 Å². The molecule has 0 bridgehead atoms. The number of fused-ring (bicyclic) bond motifs is 2. The number of benzene rings is 3. The Labute approximate surface area is 179 Å². The Morgan fingerprint density at radius 2 is 1.48 bits per heavy atom. The Kier molecular flexibility index (Phi) is 4.71. The van der Waals surface area contributed by atoms with Crippen molar-refractivity contribution in [3.05, 3.63) is 101 Å². The number of hydrogen-bond acceptors (Lipinski definition) is 4. The van der Waals surface area contributed by atoms with E-state index in [0.29, 0.717) is 29.7 Å². The van der Waals surface area contributed by atoms with Crippen molar-refractivity contribution >= 4 is 28.4 Å². The number of imide groups is 1. The quantitative estimate of drug-likeness (QED) is 0.444. The Balaban J connectivity index is 1.44. The van der Waals surface area contributed by atoms with E-state index in [1.165, 1.54) is 4.90 Å². The van der Waals surface area contributed by atoms with Crippen LogP contribution in [0.4, 0.5) is 5.69 Å². The molecule has 0 aliphatic carbocycles. The van der Waals surface area contributed by atoms with Crippen molar-refractivity contribution in [3.8, 4) is 5.75 Å². The van der Waals surface area contributed by atoms with Gasteiger partial charge in [-0.3, -0.25) is 9.59 Å². The number of carbonyl (C=O) groups excluding carboxylic acids is 2. The lowest BCUT2D eigenvalue weighted by atomic mass is 10.0. The van der Waals surface area contributed by atoms with Gasteiger partial charge in [-0.15, -0.1) is 0 Å². The maximum atomic E-state index is 12.9. The number of anilines is 1. The number of nitrogens with zero attached hydrogens (tertiary/aromatic N) is 2. The second kappa shape index (κ2) is 7.69. The highest BCUT2D eigenvalue weighted by Gasteiger charge is 2.37. The van der Waals surface area contributed by atoms with Gasteiger partial charge in [0.05, 0.1) is 23.9 Å². The van der Waals surface area contributed by atoms with Gasteiger partial charge in [0.15, 0.2) is 0 Å². The molecular formula is C26H20N2O3. The molecule has 152 valence electrons. The van der Waals surface area contributed by atoms with E-state index in [4.69, 9.17) is 9.72 Å². The van der Waals surface area contributed by atoms with E-state index in [1.807, 2.05) is 54.6 Å². The number of amides is 2. The standard InChI is InChI=1S/C26H20N2O3/c1-31-23-12-6-8-18-14-16-19(27-24(18)23)15-13-17-7-2-5-11-22(17)28-25(29)20-9-3-4-10-21(20)26(28)30/h2-12,14,16H,13,15H2,1H3. The molecule has 4 aromatic rings. The maximum absolute atomic E-state index is 12.9. The number of pyridine rings is 1. The lowest BCUT2D eigenvalue weighted by molar-refractivity contribution is 0.0926. The number of hydrogen-bond donors (Lipinski definition) is 0. The number of para-hydroxylation sites is 2. The third kappa shape index (κ3) is 3.24. The zero-order valence-electron chi connectivity index (χ0n) is 17.0. The minimum absolute atomic E-state index is 0.276. The van der Waals surface area contributed by atoms with E-state index in [9.17, 15) is 9.59 Å². The average Bonchev–Trinajstić information content (AvgIpc) is 3.07. The first-order valence-corrected chi connectivity index (χ1v) is 10.2. The van der Waals surface area contributed by atoms with Crippen LogP contribution in [-0.4, -0.2) is 23.9 Å². The van der Waals surface area contributed by atoms with Crippen LogP contribution in [-0.2, 0) is 12.8 Å². The van der Waals surface area contributed by atoms with Crippen molar-refractivity contribution in [2.24, 2.45) is 0 Å². The van der Waals surface area contributed by atoms with Crippen molar-refractivity contribution in [2.75, 3.05) is 12.0 Å². The predicted octanol–water partition coefficient (Wildman–Crippen LogP) is 4.83. The van der Waals surface area contributed by atoms with Gasteiger partial charge in [0.25, 0.3) is 11.8 Å². The van der Waals surface area contributed by atoms with Crippen molar-refractivity contribution in [2.45, 2.75) is 12.8 Å². The van der Waals surface area contributed by atoms with Gasteiger partial charge in [0.2, 0.25) is 0 Å². The highest BCUT2D eigenvalue weighted by molar-refractivity contribution is 6.34. The number of rotatable bonds is 5. The van der Waals surface area contributed by atoms with E-state index in [0.717, 1.165) is 27.9 Å². The van der Waals surface area contributed by atoms with Crippen molar-refractivity contribution < 1.29 is 14.3 Å². The minimum atomic E-state index is -0.276. The van der Waals surface area contributed by atoms with Gasteiger partial charge in [-0.25, -0.2) is 9.88 Å². The molecule has 31 heavy (non-hydrogen) atoms. The highest BCUT2D eigenvalue weighted by Crippen LogP contribution is 2.31. The third-order valence-corrected chi connectivity index (χ3v) is 5.64. The van der Waals surface area contributed by atoms with E-state index in [2.05, 4.69) is 0 Å². The highest BCUT2D eigenvalue weighted by atomic mass is 16.5. The van der Waals surface area contributed by atoms with Crippen molar-refractivity contribution in [1.29, 1.82) is 0 Å². The minimum Gasteiger partial charge on any atom is -0.494 e. The molecule has 0 spiro atoms. The van der Waals surface area contributed by atoms with E-state index < -0.39 is 0 Å². The molecule has 0 saturated heterocycles. The molecule has 0 unspecified atom stereocenters. The lowest BCUT2D eigenvalue weighted by Gasteiger charge is -2.18. The molecule has 0 fully saturated rings. The fourth-order valence-corrected chi connectivity index (χ4v) is 4.08. The molecule has 1 aromatic heterocycles. The van der Waals surface area contributed by atoms with Crippen LogP contribution in [0, 0.1) is 0 Å². The normalized spacial score (nSPS) is 13.0. The molecule has 1 aliphatic rings. The van der Waals surface area contributed by atoms with Gasteiger partial charge in [-0.2, -0.15) is 0 Å². The van der Waals surface area contributed by atoms with Crippen LogP contribution < -0.4 is 9.64 Å². The van der Waals surface area contributed by atoms with E-state index >= 15 is 0 Å². The van der Waals surface area contributed by atoms with E-state index in [-0.39, 0.29) is 11.8 Å². The molecule has 5 nitrogen and oxygen atoms in total. The van der Waals surface area contributed by atoms with Crippen LogP contribution in [0.1, 0.15) is 32.0 Å². The molecule has 5 heteroatoms. The first kappa shape index (κ1) is 19.0. The first-order chi connectivity index (χ1) is 15.2. The van der Waals surface area contributed by atoms with Gasteiger partial charge in [-0.05, 0) is 48.7 Å². The Hall–Kier alpha value is -3.99. The Bertz CT molecular complexity index is 1290. The largest absolute Gasteiger partial charge is 0.494 e. The lowest BCUT2D eigenvalue weighted by Crippen LogP contribution is -2.30. The summed E-state index contributed by atoms with van der Waals surface area (Å²) in [7, 11) is 1.64. The number of aromatic nitrogens is 1. The summed E-state index contributed by atoms with van der Waals surface area (Å²) >= 11 is 0. The van der Waals surface area contributed by atoms with Crippen LogP contribution >= 0.6 is 0 Å². The SMILES string of the molecule is COc1cccc2ccc(CCc3ccccc3N3C(=O)c4ccccc4C3=O)nc12. The van der Waals surface area contributed by atoms with Crippen LogP contribution in [0.25, 0.3) is 10.9 Å². The summed E-state index contributed by atoms with van der Waals surface area (Å²) in [6.45, 7) is 0. The van der Waals surface area contributed by atoms with Crippen LogP contribution in [0.15, 0.2) is 78.9 Å². The number of methoxy groups -OCH3 is 1. The smallest absolute Gasteiger partial charge is 0.266 e. The van der Waals surface area contributed by atoms with Gasteiger partial charge in [0.1, 0.15) is 11.3 Å². The van der Waals surface area contributed by atoms with Gasteiger partial charge < -0.3 is 4.74 Å². The number of ether oxygens (including phenoxy) is 1. The molecule has 0 N–H and O–H groups in total. The molecule has 2 amide bonds. The fourth-order valence-electron chi connectivity index (χ4n) is 4.08. The topological polar surface area (TPSA) is 59.5 Å². The number of aryl methyl sites for hydroxylation is 2. The van der Waals surface area contributed by atoms with Crippen molar-refractivity contribution in [3.63, 3.8) is 0 Å². The summed E-state index contributed by atoms with van der Waals surface area (Å²) in [5.74, 6) is 0.189. The van der Waals surface area contributed by atoms with Gasteiger partial charge >= 0.3 is 0 Å². The Morgan fingerprint density at radius 3 is 2.23 bits per heavy atom. The molecule has 0 radical (unpaired) electrons. The summed E-state index contributed by atoms with van der Waals surface area (Å²) in [6.07, 6.45) is 1.32. The summed E-state index contributed by atoms with van der Waals surface area (Å²) in [5.41, 5.74) is 4.22. The number of carbonyl (C=O) groups is 2. The first-order valence-electron chi connectivity index (χ1n) is 10.2. The second-order valence-electron chi connectivity index (χ2n) is 7.45. The molecule has 0 saturated carbocycles. The monoisotopic (exact) mass is 408 g/mol. The van der Waals surface area contributed by atoms with Gasteiger partial charge in [0, 0.05) is 11.1 Å². The molecule has 5 rings (SSSR count). The zero-order chi connectivity index (χ0) is 21.4. The fraction of sp³-hybridized carbons (Fsp3) is 0.115. The summed E-state index contributed by atoms with van der Waals surface area (Å²) in [4.78, 5) is 31.9. The van der Waals surface area contributed by atoms with Crippen LogP contribution in [0.2, 0.25) is 0 Å². The summed E-state index contributed by atoms with van der Waals surface area (Å²) < 4.78 is 5.44. The molecule has 3 aromatic carbocycles.